The van der Waals surface area contributed by atoms with Gasteiger partial charge in [-0.2, -0.15) is 0 Å². The summed E-state index contributed by atoms with van der Waals surface area (Å²) in [5.74, 6) is 0.0936. The molecule has 1 aromatic heterocycles. The Morgan fingerprint density at radius 3 is 2.08 bits per heavy atom. The molecule has 0 aliphatic rings. The molecule has 0 fully saturated rings. The smallest absolute Gasteiger partial charge is 0.331 e. The summed E-state index contributed by atoms with van der Waals surface area (Å²) in [6.07, 6.45) is 2.42. The molecule has 0 radical (unpaired) electrons. The summed E-state index contributed by atoms with van der Waals surface area (Å²) in [4.78, 5) is 12.8. The van der Waals surface area contributed by atoms with Gasteiger partial charge in [0.15, 0.2) is 0 Å². The molecule has 0 spiro atoms. The van der Waals surface area contributed by atoms with E-state index >= 15 is 0 Å². The van der Waals surface area contributed by atoms with E-state index in [9.17, 15) is 9.90 Å². The molecule has 3 aromatic rings. The minimum absolute atomic E-state index is 0.0936. The fraction of sp³-hybridized carbons (Fsp3) is 0.286. The first kappa shape index (κ1) is 17.1. The van der Waals surface area contributed by atoms with Gasteiger partial charge in [0.1, 0.15) is 0 Å². The molecular formula is C21H24N2O2. The van der Waals surface area contributed by atoms with E-state index in [1.165, 1.54) is 10.1 Å². The lowest BCUT2D eigenvalue weighted by atomic mass is 10.1. The number of rotatable bonds is 7. The first-order valence-corrected chi connectivity index (χ1v) is 8.79. The molecule has 0 aliphatic heterocycles. The molecule has 0 atom stereocenters. The average molecular weight is 336 g/mol. The third-order valence-corrected chi connectivity index (χ3v) is 4.51. The third kappa shape index (κ3) is 3.85. The fourth-order valence-corrected chi connectivity index (χ4v) is 3.20. The lowest BCUT2D eigenvalue weighted by Gasteiger charge is -2.05. The first-order valence-electron chi connectivity index (χ1n) is 8.79. The predicted molar refractivity (Wildman–Crippen MR) is 100 cm³/mol. The Balaban J connectivity index is 1.79. The molecule has 1 heterocycles. The molecule has 0 bridgehead atoms. The predicted octanol–water partition coefficient (Wildman–Crippen LogP) is 3.60. The molecule has 3 rings (SSSR count). The van der Waals surface area contributed by atoms with Crippen molar-refractivity contribution >= 4 is 0 Å². The van der Waals surface area contributed by atoms with E-state index in [4.69, 9.17) is 0 Å². The van der Waals surface area contributed by atoms with Crippen LogP contribution in [-0.2, 0) is 25.9 Å². The van der Waals surface area contributed by atoms with Gasteiger partial charge in [-0.3, -0.25) is 9.13 Å². The number of aromatic hydroxyl groups is 1. The summed E-state index contributed by atoms with van der Waals surface area (Å²) in [5, 5.41) is 10.5. The van der Waals surface area contributed by atoms with Gasteiger partial charge in [0.05, 0.1) is 12.2 Å². The number of nitrogens with zero attached hydrogens (tertiary/aromatic N) is 2. The zero-order chi connectivity index (χ0) is 17.6. The van der Waals surface area contributed by atoms with Crippen molar-refractivity contribution in [2.24, 2.45) is 0 Å². The van der Waals surface area contributed by atoms with Crippen LogP contribution < -0.4 is 5.69 Å². The van der Waals surface area contributed by atoms with Gasteiger partial charge in [-0.15, -0.1) is 0 Å². The number of aromatic nitrogens is 2. The molecule has 1 N–H and O–H groups in total. The Morgan fingerprint density at radius 2 is 1.48 bits per heavy atom. The Hall–Kier alpha value is -2.75. The van der Waals surface area contributed by atoms with E-state index in [2.05, 4.69) is 12.1 Å². The molecular weight excluding hydrogens is 312 g/mol. The van der Waals surface area contributed by atoms with Gasteiger partial charge in [-0.1, -0.05) is 67.6 Å². The second-order valence-corrected chi connectivity index (χ2v) is 6.22. The molecule has 0 saturated carbocycles. The van der Waals surface area contributed by atoms with Crippen molar-refractivity contribution < 1.29 is 5.11 Å². The average Bonchev–Trinajstić information content (AvgIpc) is 2.87. The van der Waals surface area contributed by atoms with Crippen LogP contribution >= 0.6 is 0 Å². The van der Waals surface area contributed by atoms with Gasteiger partial charge in [0.25, 0.3) is 0 Å². The topological polar surface area (TPSA) is 47.2 Å². The Kier molecular flexibility index (Phi) is 5.39. The summed E-state index contributed by atoms with van der Waals surface area (Å²) in [7, 11) is 0. The number of hydrogen-bond acceptors (Lipinski definition) is 2. The molecule has 130 valence electrons. The summed E-state index contributed by atoms with van der Waals surface area (Å²) < 4.78 is 3.19. The fourth-order valence-electron chi connectivity index (χ4n) is 3.20. The van der Waals surface area contributed by atoms with Gasteiger partial charge in [0.2, 0.25) is 5.88 Å². The van der Waals surface area contributed by atoms with Crippen LogP contribution in [0.4, 0.5) is 0 Å². The maximum absolute atomic E-state index is 12.8. The van der Waals surface area contributed by atoms with Crippen LogP contribution in [-0.4, -0.2) is 14.2 Å². The van der Waals surface area contributed by atoms with Gasteiger partial charge in [-0.05, 0) is 30.4 Å². The van der Waals surface area contributed by atoms with Crippen molar-refractivity contribution in [3.63, 3.8) is 0 Å². The lowest BCUT2D eigenvalue weighted by molar-refractivity contribution is 0.416. The van der Waals surface area contributed by atoms with Crippen LogP contribution in [0.5, 0.6) is 5.88 Å². The van der Waals surface area contributed by atoms with Gasteiger partial charge in [-0.25, -0.2) is 4.79 Å². The normalized spacial score (nSPS) is 10.9. The molecule has 4 nitrogen and oxygen atoms in total. The summed E-state index contributed by atoms with van der Waals surface area (Å²) in [6, 6.07) is 20.0. The van der Waals surface area contributed by atoms with Gasteiger partial charge >= 0.3 is 5.69 Å². The monoisotopic (exact) mass is 336 g/mol. The molecule has 25 heavy (non-hydrogen) atoms. The molecule has 0 saturated heterocycles. The minimum atomic E-state index is -0.133. The van der Waals surface area contributed by atoms with Crippen molar-refractivity contribution in [1.29, 1.82) is 0 Å². The Bertz CT molecular complexity index is 864. The maximum Gasteiger partial charge on any atom is 0.331 e. The van der Waals surface area contributed by atoms with Crippen LogP contribution in [0.2, 0.25) is 0 Å². The molecule has 0 aliphatic carbocycles. The summed E-state index contributed by atoms with van der Waals surface area (Å²) in [5.41, 5.74) is 2.85. The third-order valence-electron chi connectivity index (χ3n) is 4.51. The number of imidazole rings is 1. The van der Waals surface area contributed by atoms with E-state index in [1.807, 2.05) is 55.5 Å². The minimum Gasteiger partial charge on any atom is -0.493 e. The molecule has 2 aromatic carbocycles. The highest BCUT2D eigenvalue weighted by molar-refractivity contribution is 5.24. The van der Waals surface area contributed by atoms with E-state index in [0.717, 1.165) is 18.4 Å². The van der Waals surface area contributed by atoms with E-state index in [1.54, 1.807) is 4.57 Å². The van der Waals surface area contributed by atoms with Crippen LogP contribution in [0, 0.1) is 0 Å². The Morgan fingerprint density at radius 1 is 0.880 bits per heavy atom. The molecule has 4 heteroatoms. The second kappa shape index (κ2) is 7.88. The van der Waals surface area contributed by atoms with Gasteiger partial charge < -0.3 is 5.11 Å². The second-order valence-electron chi connectivity index (χ2n) is 6.22. The highest BCUT2D eigenvalue weighted by atomic mass is 16.3. The highest BCUT2D eigenvalue weighted by Gasteiger charge is 2.17. The first-order chi connectivity index (χ1) is 12.2. The molecule has 0 unspecified atom stereocenters. The SMILES string of the molecule is CCc1c(O)n(Cc2ccccc2)c(=O)n1CCCc1ccccc1. The quantitative estimate of drug-likeness (QED) is 0.716. The van der Waals surface area contributed by atoms with Crippen LogP contribution in [0.3, 0.4) is 0 Å². The standard InChI is InChI=1S/C21H24N2O2/c1-2-19-20(24)23(16-18-12-7-4-8-13-18)21(25)22(19)15-9-14-17-10-5-3-6-11-17/h3-8,10-13,24H,2,9,14-16H2,1H3. The number of benzene rings is 2. The number of hydrogen-bond donors (Lipinski definition) is 1. The summed E-state index contributed by atoms with van der Waals surface area (Å²) >= 11 is 0. The van der Waals surface area contributed by atoms with Crippen LogP contribution in [0.1, 0.15) is 30.2 Å². The van der Waals surface area contributed by atoms with E-state index in [0.29, 0.717) is 25.2 Å². The van der Waals surface area contributed by atoms with Gasteiger partial charge in [0, 0.05) is 6.54 Å². The number of aryl methyl sites for hydroxylation is 1. The maximum atomic E-state index is 12.8. The van der Waals surface area contributed by atoms with E-state index < -0.39 is 0 Å². The Labute approximate surface area is 148 Å². The van der Waals surface area contributed by atoms with Crippen molar-refractivity contribution in [3.8, 4) is 5.88 Å². The zero-order valence-corrected chi connectivity index (χ0v) is 14.6. The van der Waals surface area contributed by atoms with Crippen molar-refractivity contribution in [2.75, 3.05) is 0 Å². The highest BCUT2D eigenvalue weighted by Crippen LogP contribution is 2.18. The van der Waals surface area contributed by atoms with Crippen LogP contribution in [0.15, 0.2) is 65.5 Å². The largest absolute Gasteiger partial charge is 0.493 e. The van der Waals surface area contributed by atoms with Crippen molar-refractivity contribution in [3.05, 3.63) is 88.0 Å². The molecule has 0 amide bonds. The van der Waals surface area contributed by atoms with Crippen molar-refractivity contribution in [1.82, 2.24) is 9.13 Å². The zero-order valence-electron chi connectivity index (χ0n) is 14.6. The summed E-state index contributed by atoms with van der Waals surface area (Å²) in [6.45, 7) is 2.98. The van der Waals surface area contributed by atoms with Crippen LogP contribution in [0.25, 0.3) is 0 Å². The lowest BCUT2D eigenvalue weighted by Crippen LogP contribution is -2.25. The van der Waals surface area contributed by atoms with E-state index in [-0.39, 0.29) is 11.6 Å². The van der Waals surface area contributed by atoms with Crippen molar-refractivity contribution in [2.45, 2.75) is 39.3 Å².